The fraction of sp³-hybridized carbons (Fsp3) is 0.533. The van der Waals surface area contributed by atoms with Gasteiger partial charge in [-0.05, 0) is 50.2 Å². The molecule has 2 rings (SSSR count). The highest BCUT2D eigenvalue weighted by Crippen LogP contribution is 2.23. The maximum absolute atomic E-state index is 12.2. The Morgan fingerprint density at radius 3 is 2.56 bits per heavy atom. The standard InChI is InChI=1S/C15H22N2O/c1-10-4-3-5-11(2)14(10)15(18)17-9-12-6-7-13(16)8-12/h3-5,12-13H,6-9,16H2,1-2H3,(H,17,18). The SMILES string of the molecule is Cc1cccc(C)c1C(=O)NCC1CCC(N)C1. The number of rotatable bonds is 3. The normalized spacial score (nSPS) is 23.1. The van der Waals surface area contributed by atoms with Gasteiger partial charge in [0, 0.05) is 18.2 Å². The Kier molecular flexibility index (Phi) is 4.02. The van der Waals surface area contributed by atoms with Crippen molar-refractivity contribution in [1.29, 1.82) is 0 Å². The molecule has 0 bridgehead atoms. The Hall–Kier alpha value is -1.35. The van der Waals surface area contributed by atoms with Crippen molar-refractivity contribution in [2.45, 2.75) is 39.2 Å². The minimum atomic E-state index is 0.0473. The number of aryl methyl sites for hydroxylation is 2. The summed E-state index contributed by atoms with van der Waals surface area (Å²) >= 11 is 0. The maximum atomic E-state index is 12.2. The molecule has 1 aromatic rings. The van der Waals surface area contributed by atoms with Crippen LogP contribution >= 0.6 is 0 Å². The van der Waals surface area contributed by atoms with Crippen molar-refractivity contribution in [2.24, 2.45) is 11.7 Å². The monoisotopic (exact) mass is 246 g/mol. The summed E-state index contributed by atoms with van der Waals surface area (Å²) in [6.07, 6.45) is 3.26. The molecule has 3 nitrogen and oxygen atoms in total. The number of carbonyl (C=O) groups excluding carboxylic acids is 1. The molecule has 0 radical (unpaired) electrons. The van der Waals surface area contributed by atoms with Crippen LogP contribution in [-0.2, 0) is 0 Å². The minimum absolute atomic E-state index is 0.0473. The second kappa shape index (κ2) is 5.53. The molecule has 98 valence electrons. The van der Waals surface area contributed by atoms with Crippen molar-refractivity contribution in [3.8, 4) is 0 Å². The van der Waals surface area contributed by atoms with Crippen LogP contribution in [0, 0.1) is 19.8 Å². The van der Waals surface area contributed by atoms with Crippen LogP contribution in [0.3, 0.4) is 0 Å². The molecule has 1 aromatic carbocycles. The van der Waals surface area contributed by atoms with Crippen LogP contribution in [0.4, 0.5) is 0 Å². The van der Waals surface area contributed by atoms with Crippen molar-refractivity contribution in [2.75, 3.05) is 6.54 Å². The number of nitrogens with one attached hydrogen (secondary N) is 1. The smallest absolute Gasteiger partial charge is 0.251 e. The van der Waals surface area contributed by atoms with Gasteiger partial charge in [-0.15, -0.1) is 0 Å². The Balaban J connectivity index is 1.96. The van der Waals surface area contributed by atoms with E-state index in [-0.39, 0.29) is 5.91 Å². The van der Waals surface area contributed by atoms with Crippen LogP contribution in [-0.4, -0.2) is 18.5 Å². The van der Waals surface area contributed by atoms with Crippen molar-refractivity contribution >= 4 is 5.91 Å². The predicted molar refractivity (Wildman–Crippen MR) is 73.6 cm³/mol. The first-order valence-corrected chi connectivity index (χ1v) is 6.68. The second-order valence-electron chi connectivity index (χ2n) is 5.42. The van der Waals surface area contributed by atoms with E-state index in [1.54, 1.807) is 0 Å². The quantitative estimate of drug-likeness (QED) is 0.858. The van der Waals surface area contributed by atoms with Gasteiger partial charge in [0.15, 0.2) is 0 Å². The first kappa shape index (κ1) is 13.1. The molecule has 3 heteroatoms. The van der Waals surface area contributed by atoms with Gasteiger partial charge in [-0.3, -0.25) is 4.79 Å². The zero-order valence-corrected chi connectivity index (χ0v) is 11.2. The van der Waals surface area contributed by atoms with Crippen LogP contribution in [0.2, 0.25) is 0 Å². The van der Waals surface area contributed by atoms with Crippen LogP contribution in [0.5, 0.6) is 0 Å². The van der Waals surface area contributed by atoms with Crippen LogP contribution in [0.1, 0.15) is 40.7 Å². The highest BCUT2D eigenvalue weighted by molar-refractivity contribution is 5.97. The Bertz CT molecular complexity index is 422. The third-order valence-electron chi connectivity index (χ3n) is 3.84. The van der Waals surface area contributed by atoms with Crippen molar-refractivity contribution in [1.82, 2.24) is 5.32 Å². The molecule has 0 heterocycles. The second-order valence-corrected chi connectivity index (χ2v) is 5.42. The molecule has 1 fully saturated rings. The zero-order chi connectivity index (χ0) is 13.1. The molecule has 1 saturated carbocycles. The summed E-state index contributed by atoms with van der Waals surface area (Å²) in [6, 6.07) is 6.27. The number of carbonyl (C=O) groups is 1. The molecule has 1 aliphatic carbocycles. The van der Waals surface area contributed by atoms with E-state index >= 15 is 0 Å². The fourth-order valence-corrected chi connectivity index (χ4v) is 2.80. The number of amides is 1. The summed E-state index contributed by atoms with van der Waals surface area (Å²) in [5.74, 6) is 0.597. The largest absolute Gasteiger partial charge is 0.352 e. The van der Waals surface area contributed by atoms with Crippen molar-refractivity contribution < 1.29 is 4.79 Å². The summed E-state index contributed by atoms with van der Waals surface area (Å²) in [6.45, 7) is 4.71. The summed E-state index contributed by atoms with van der Waals surface area (Å²) < 4.78 is 0. The van der Waals surface area contributed by atoms with Gasteiger partial charge in [0.25, 0.3) is 5.91 Å². The van der Waals surface area contributed by atoms with Gasteiger partial charge in [-0.1, -0.05) is 18.2 Å². The van der Waals surface area contributed by atoms with Crippen LogP contribution in [0.15, 0.2) is 18.2 Å². The molecule has 0 saturated heterocycles. The summed E-state index contributed by atoms with van der Waals surface area (Å²) in [5, 5.41) is 3.05. The zero-order valence-electron chi connectivity index (χ0n) is 11.2. The summed E-state index contributed by atoms with van der Waals surface area (Å²) in [5.41, 5.74) is 8.77. The van der Waals surface area contributed by atoms with Gasteiger partial charge < -0.3 is 11.1 Å². The molecule has 1 amide bonds. The first-order valence-electron chi connectivity index (χ1n) is 6.68. The van der Waals surface area contributed by atoms with Crippen molar-refractivity contribution in [3.63, 3.8) is 0 Å². The Labute approximate surface area is 109 Å². The van der Waals surface area contributed by atoms with Gasteiger partial charge in [0.2, 0.25) is 0 Å². The highest BCUT2D eigenvalue weighted by Gasteiger charge is 2.22. The van der Waals surface area contributed by atoms with Gasteiger partial charge in [0.05, 0.1) is 0 Å². The first-order chi connectivity index (χ1) is 8.58. The van der Waals surface area contributed by atoms with E-state index in [9.17, 15) is 4.79 Å². The minimum Gasteiger partial charge on any atom is -0.352 e. The van der Waals surface area contributed by atoms with E-state index in [1.807, 2.05) is 32.0 Å². The molecule has 1 aliphatic rings. The van der Waals surface area contributed by atoms with Gasteiger partial charge in [0.1, 0.15) is 0 Å². The van der Waals surface area contributed by atoms with E-state index < -0.39 is 0 Å². The topological polar surface area (TPSA) is 55.1 Å². The number of hydrogen-bond acceptors (Lipinski definition) is 2. The third kappa shape index (κ3) is 2.91. The molecular weight excluding hydrogens is 224 g/mol. The molecule has 0 aliphatic heterocycles. The number of nitrogens with two attached hydrogens (primary N) is 1. The molecule has 18 heavy (non-hydrogen) atoms. The number of hydrogen-bond donors (Lipinski definition) is 2. The fourth-order valence-electron chi connectivity index (χ4n) is 2.80. The summed E-state index contributed by atoms with van der Waals surface area (Å²) in [7, 11) is 0. The lowest BCUT2D eigenvalue weighted by Crippen LogP contribution is -2.30. The Morgan fingerprint density at radius 2 is 2.00 bits per heavy atom. The lowest BCUT2D eigenvalue weighted by Gasteiger charge is -2.13. The maximum Gasteiger partial charge on any atom is 0.251 e. The summed E-state index contributed by atoms with van der Waals surface area (Å²) in [4.78, 5) is 12.2. The van der Waals surface area contributed by atoms with Crippen LogP contribution in [0.25, 0.3) is 0 Å². The van der Waals surface area contributed by atoms with E-state index in [4.69, 9.17) is 5.73 Å². The van der Waals surface area contributed by atoms with Crippen LogP contribution < -0.4 is 11.1 Å². The van der Waals surface area contributed by atoms with Gasteiger partial charge in [-0.2, -0.15) is 0 Å². The predicted octanol–water partition coefficient (Wildman–Crippen LogP) is 2.16. The number of benzene rings is 1. The Morgan fingerprint density at radius 1 is 1.33 bits per heavy atom. The van der Waals surface area contributed by atoms with Gasteiger partial charge >= 0.3 is 0 Å². The lowest BCUT2D eigenvalue weighted by molar-refractivity contribution is 0.0946. The molecule has 2 unspecified atom stereocenters. The molecular formula is C15H22N2O. The highest BCUT2D eigenvalue weighted by atomic mass is 16.1. The molecule has 2 atom stereocenters. The molecule has 0 aromatic heterocycles. The average Bonchev–Trinajstić information content (AvgIpc) is 2.72. The van der Waals surface area contributed by atoms with E-state index in [2.05, 4.69) is 5.32 Å². The lowest BCUT2D eigenvalue weighted by atomic mass is 10.0. The molecule has 3 N–H and O–H groups in total. The van der Waals surface area contributed by atoms with Gasteiger partial charge in [-0.25, -0.2) is 0 Å². The van der Waals surface area contributed by atoms with Crippen molar-refractivity contribution in [3.05, 3.63) is 34.9 Å². The molecule has 0 spiro atoms. The van der Waals surface area contributed by atoms with E-state index in [0.29, 0.717) is 12.0 Å². The average molecular weight is 246 g/mol. The third-order valence-corrected chi connectivity index (χ3v) is 3.84. The van der Waals surface area contributed by atoms with E-state index in [0.717, 1.165) is 42.5 Å². The van der Waals surface area contributed by atoms with E-state index in [1.165, 1.54) is 0 Å².